The lowest BCUT2D eigenvalue weighted by atomic mass is 10.2. The molecule has 1 unspecified atom stereocenters. The van der Waals surface area contributed by atoms with Gasteiger partial charge in [-0.05, 0) is 40.8 Å². The lowest BCUT2D eigenvalue weighted by molar-refractivity contribution is 0.555. The highest BCUT2D eigenvalue weighted by atomic mass is 79.9. The Morgan fingerprint density at radius 1 is 1.47 bits per heavy atom. The van der Waals surface area contributed by atoms with Crippen LogP contribution >= 0.6 is 38.6 Å². The van der Waals surface area contributed by atoms with Crippen LogP contribution in [0.3, 0.4) is 0 Å². The summed E-state index contributed by atoms with van der Waals surface area (Å²) in [7, 11) is 0. The number of nitrogens with one attached hydrogen (secondary N) is 1. The molecule has 0 aliphatic carbocycles. The molecule has 0 radical (unpaired) electrons. The van der Waals surface area contributed by atoms with Crippen LogP contribution in [0.25, 0.3) is 0 Å². The maximum absolute atomic E-state index is 4.54. The number of likely N-dealkylation sites (N-methyl/N-ethyl adjacent to an activating group) is 1. The molecule has 0 amide bonds. The number of aryl methyl sites for hydroxylation is 1. The normalized spacial score (nSPS) is 12.9. The van der Waals surface area contributed by atoms with Crippen LogP contribution in [0.5, 0.6) is 0 Å². The van der Waals surface area contributed by atoms with Crippen molar-refractivity contribution in [2.75, 3.05) is 6.54 Å². The van der Waals surface area contributed by atoms with Crippen LogP contribution in [-0.2, 0) is 6.42 Å². The van der Waals surface area contributed by atoms with Crippen LogP contribution in [0, 0.1) is 6.92 Å². The Labute approximate surface area is 118 Å². The Morgan fingerprint density at radius 3 is 2.82 bits per heavy atom. The van der Waals surface area contributed by atoms with Gasteiger partial charge in [0.05, 0.1) is 5.01 Å². The van der Waals surface area contributed by atoms with Crippen LogP contribution < -0.4 is 5.32 Å². The van der Waals surface area contributed by atoms with Gasteiger partial charge in [0.15, 0.2) is 0 Å². The van der Waals surface area contributed by atoms with Crippen molar-refractivity contribution in [3.8, 4) is 0 Å². The summed E-state index contributed by atoms with van der Waals surface area (Å²) >= 11 is 7.15. The summed E-state index contributed by atoms with van der Waals surface area (Å²) in [6, 6.07) is 2.47. The van der Waals surface area contributed by atoms with E-state index in [4.69, 9.17) is 0 Å². The van der Waals surface area contributed by atoms with Crippen molar-refractivity contribution >= 4 is 38.6 Å². The molecule has 2 heterocycles. The predicted molar refractivity (Wildman–Crippen MR) is 79.0 cm³/mol. The van der Waals surface area contributed by atoms with E-state index in [0.717, 1.165) is 18.7 Å². The molecule has 0 fully saturated rings. The van der Waals surface area contributed by atoms with E-state index in [1.54, 1.807) is 22.7 Å². The van der Waals surface area contributed by atoms with E-state index >= 15 is 0 Å². The number of hydrogen-bond acceptors (Lipinski definition) is 4. The minimum atomic E-state index is 0.361. The lowest BCUT2D eigenvalue weighted by Gasteiger charge is -2.15. The van der Waals surface area contributed by atoms with Crippen molar-refractivity contribution in [2.24, 2.45) is 0 Å². The number of rotatable bonds is 5. The fraction of sp³-hybridized carbons (Fsp3) is 0.417. The first kappa shape index (κ1) is 13.2. The molecule has 1 atom stereocenters. The van der Waals surface area contributed by atoms with Gasteiger partial charge in [0.1, 0.15) is 0 Å². The molecule has 92 valence electrons. The summed E-state index contributed by atoms with van der Waals surface area (Å²) in [5.74, 6) is 0. The minimum absolute atomic E-state index is 0.361. The van der Waals surface area contributed by atoms with E-state index < -0.39 is 0 Å². The third-order valence-corrected chi connectivity index (χ3v) is 5.43. The highest BCUT2D eigenvalue weighted by molar-refractivity contribution is 9.10. The van der Waals surface area contributed by atoms with E-state index in [9.17, 15) is 0 Å². The van der Waals surface area contributed by atoms with Gasteiger partial charge in [-0.25, -0.2) is 4.98 Å². The fourth-order valence-electron chi connectivity index (χ4n) is 1.73. The molecular weight excluding hydrogens is 316 g/mol. The van der Waals surface area contributed by atoms with Gasteiger partial charge in [0.2, 0.25) is 0 Å². The number of halogens is 1. The summed E-state index contributed by atoms with van der Waals surface area (Å²) in [4.78, 5) is 5.90. The van der Waals surface area contributed by atoms with Crippen molar-refractivity contribution < 1.29 is 0 Å². The van der Waals surface area contributed by atoms with Crippen LogP contribution in [0.15, 0.2) is 21.3 Å². The standard InChI is InChI=1S/C12H15BrN2S2/c1-3-14-10(12-9(13)4-5-16-12)6-11-15-8(2)7-17-11/h4-5,7,10,14H,3,6H2,1-2H3. The van der Waals surface area contributed by atoms with Crippen molar-refractivity contribution in [3.05, 3.63) is 36.9 Å². The molecule has 2 aromatic heterocycles. The maximum atomic E-state index is 4.54. The molecular formula is C12H15BrN2S2. The Kier molecular flexibility index (Phi) is 4.73. The van der Waals surface area contributed by atoms with Crippen molar-refractivity contribution in [1.29, 1.82) is 0 Å². The number of aromatic nitrogens is 1. The van der Waals surface area contributed by atoms with E-state index in [1.165, 1.54) is 14.4 Å². The molecule has 0 aliphatic heterocycles. The van der Waals surface area contributed by atoms with E-state index in [2.05, 4.69) is 50.0 Å². The summed E-state index contributed by atoms with van der Waals surface area (Å²) in [5.41, 5.74) is 1.12. The van der Waals surface area contributed by atoms with Crippen LogP contribution in [0.2, 0.25) is 0 Å². The van der Waals surface area contributed by atoms with Crippen LogP contribution in [-0.4, -0.2) is 11.5 Å². The smallest absolute Gasteiger partial charge is 0.0947 e. The third-order valence-electron chi connectivity index (χ3n) is 2.46. The second-order valence-corrected chi connectivity index (χ2v) is 6.57. The summed E-state index contributed by atoms with van der Waals surface area (Å²) in [6.45, 7) is 5.16. The van der Waals surface area contributed by atoms with Gasteiger partial charge in [-0.2, -0.15) is 0 Å². The van der Waals surface area contributed by atoms with E-state index in [0.29, 0.717) is 6.04 Å². The predicted octanol–water partition coefficient (Wildman–Crippen LogP) is 4.17. The van der Waals surface area contributed by atoms with E-state index in [-0.39, 0.29) is 0 Å². The number of thiophene rings is 1. The first-order chi connectivity index (χ1) is 8.20. The third kappa shape index (κ3) is 3.37. The van der Waals surface area contributed by atoms with Gasteiger partial charge in [0, 0.05) is 32.9 Å². The van der Waals surface area contributed by atoms with Crippen LogP contribution in [0.4, 0.5) is 0 Å². The number of thiazole rings is 1. The number of nitrogens with zero attached hydrogens (tertiary/aromatic N) is 1. The SMILES string of the molecule is CCNC(Cc1nc(C)cs1)c1sccc1Br. The van der Waals surface area contributed by atoms with Crippen molar-refractivity contribution in [1.82, 2.24) is 10.3 Å². The quantitative estimate of drug-likeness (QED) is 0.889. The molecule has 1 N–H and O–H groups in total. The topological polar surface area (TPSA) is 24.9 Å². The fourth-order valence-corrected chi connectivity index (χ4v) is 4.27. The molecule has 0 aromatic carbocycles. The second kappa shape index (κ2) is 6.09. The first-order valence-corrected chi connectivity index (χ1v) is 8.13. The highest BCUT2D eigenvalue weighted by Crippen LogP contribution is 2.31. The van der Waals surface area contributed by atoms with Gasteiger partial charge < -0.3 is 5.32 Å². The molecule has 5 heteroatoms. The van der Waals surface area contributed by atoms with Crippen LogP contribution in [0.1, 0.15) is 28.5 Å². The second-order valence-electron chi connectivity index (χ2n) is 3.83. The Bertz CT molecular complexity index is 478. The number of hydrogen-bond donors (Lipinski definition) is 1. The monoisotopic (exact) mass is 330 g/mol. The van der Waals surface area contributed by atoms with Crippen molar-refractivity contribution in [2.45, 2.75) is 26.3 Å². The van der Waals surface area contributed by atoms with E-state index in [1.807, 2.05) is 6.92 Å². The molecule has 2 aromatic rings. The molecule has 2 nitrogen and oxygen atoms in total. The molecule has 0 aliphatic rings. The van der Waals surface area contributed by atoms with Gasteiger partial charge in [-0.3, -0.25) is 0 Å². The summed E-state index contributed by atoms with van der Waals surface area (Å²) in [6.07, 6.45) is 0.964. The average molecular weight is 331 g/mol. The maximum Gasteiger partial charge on any atom is 0.0947 e. The minimum Gasteiger partial charge on any atom is -0.309 e. The molecule has 17 heavy (non-hydrogen) atoms. The Balaban J connectivity index is 2.15. The zero-order chi connectivity index (χ0) is 12.3. The van der Waals surface area contributed by atoms with Gasteiger partial charge in [-0.1, -0.05) is 6.92 Å². The average Bonchev–Trinajstić information content (AvgIpc) is 2.87. The Morgan fingerprint density at radius 2 is 2.29 bits per heavy atom. The zero-order valence-corrected chi connectivity index (χ0v) is 13.1. The molecule has 0 spiro atoms. The molecule has 0 saturated heterocycles. The molecule has 2 rings (SSSR count). The van der Waals surface area contributed by atoms with Gasteiger partial charge >= 0.3 is 0 Å². The Hall–Kier alpha value is -0.230. The lowest BCUT2D eigenvalue weighted by Crippen LogP contribution is -2.22. The zero-order valence-electron chi connectivity index (χ0n) is 9.87. The van der Waals surface area contributed by atoms with Crippen molar-refractivity contribution in [3.63, 3.8) is 0 Å². The summed E-state index contributed by atoms with van der Waals surface area (Å²) in [5, 5.41) is 8.97. The van der Waals surface area contributed by atoms with Gasteiger partial charge in [-0.15, -0.1) is 22.7 Å². The first-order valence-electron chi connectivity index (χ1n) is 5.58. The highest BCUT2D eigenvalue weighted by Gasteiger charge is 2.17. The summed E-state index contributed by atoms with van der Waals surface area (Å²) < 4.78 is 1.20. The van der Waals surface area contributed by atoms with Gasteiger partial charge in [0.25, 0.3) is 0 Å². The largest absolute Gasteiger partial charge is 0.309 e. The molecule has 0 saturated carbocycles. The molecule has 0 bridgehead atoms.